The fraction of sp³-hybridized carbons (Fsp3) is 0.314. The zero-order valence-electron chi connectivity index (χ0n) is 25.9. The molecular weight excluding hydrogens is 620 g/mol. The lowest BCUT2D eigenvalue weighted by molar-refractivity contribution is -0.133. The topological polar surface area (TPSA) is 178 Å². The van der Waals surface area contributed by atoms with Crippen LogP contribution in [0, 0.1) is 0 Å². The maximum absolute atomic E-state index is 13.9. The van der Waals surface area contributed by atoms with Crippen molar-refractivity contribution in [3.63, 3.8) is 0 Å². The first-order valence-corrected chi connectivity index (χ1v) is 15.6. The molecule has 1 aliphatic heterocycles. The zero-order valence-corrected chi connectivity index (χ0v) is 26.7. The van der Waals surface area contributed by atoms with Gasteiger partial charge in [0.25, 0.3) is 0 Å². The summed E-state index contributed by atoms with van der Waals surface area (Å²) in [6, 6.07) is 19.7. The lowest BCUT2D eigenvalue weighted by atomic mass is 10.0. The number of benzene rings is 3. The highest BCUT2D eigenvalue weighted by molar-refractivity contribution is 5.95. The van der Waals surface area contributed by atoms with E-state index in [1.165, 1.54) is 12.1 Å². The fourth-order valence-electron chi connectivity index (χ4n) is 5.67. The molecule has 8 N–H and O–H groups in total. The van der Waals surface area contributed by atoms with Gasteiger partial charge in [-0.1, -0.05) is 60.7 Å². The van der Waals surface area contributed by atoms with Crippen LogP contribution in [0.5, 0.6) is 5.75 Å². The Bertz CT molecular complexity index is 1660. The highest BCUT2D eigenvalue weighted by Crippen LogP contribution is 2.20. The van der Waals surface area contributed by atoms with E-state index in [4.69, 9.17) is 5.73 Å². The average molecular weight is 661 g/mol. The molecule has 1 aromatic heterocycles. The van der Waals surface area contributed by atoms with Gasteiger partial charge in [-0.05, 0) is 60.6 Å². The van der Waals surface area contributed by atoms with Gasteiger partial charge in [-0.3, -0.25) is 19.2 Å². The van der Waals surface area contributed by atoms with Crippen molar-refractivity contribution in [2.45, 2.75) is 62.7 Å². The molecule has 0 radical (unpaired) electrons. The molecular formula is C35H41ClN6O5. The number of carbonyl (C=O) groups excluding carboxylic acids is 4. The Balaban J connectivity index is 0.00000500. The van der Waals surface area contributed by atoms with E-state index in [9.17, 15) is 24.3 Å². The predicted molar refractivity (Wildman–Crippen MR) is 182 cm³/mol. The monoisotopic (exact) mass is 660 g/mol. The minimum atomic E-state index is -1.04. The molecule has 47 heavy (non-hydrogen) atoms. The van der Waals surface area contributed by atoms with Gasteiger partial charge < -0.3 is 37.1 Å². The summed E-state index contributed by atoms with van der Waals surface area (Å²) in [5.41, 5.74) is 9.56. The standard InChI is InChI=1S/C35H40N6O5.ClH/c36-27(18-23-13-15-25(42)16-14-23)32(43)39-29-12-6-7-17-37-33(44)30(19-22-8-2-1-3-9-22)40-35(46)31(41-34(29)45)20-24-21-38-28-11-5-4-10-26(24)28;/h1-5,8-11,13-16,21,27,29-31,38,42H,6-7,12,17-20,36H2,(H,37,44)(H,39,43)(H,40,46)(H,41,45);1H/t27-,29+,30-,31-;/m0./s1. The number of halogens is 1. The summed E-state index contributed by atoms with van der Waals surface area (Å²) in [5.74, 6) is -1.73. The first kappa shape index (κ1) is 35.0. The number of aromatic hydroxyl groups is 1. The van der Waals surface area contributed by atoms with Gasteiger partial charge in [0.05, 0.1) is 6.04 Å². The minimum absolute atomic E-state index is 0. The van der Waals surface area contributed by atoms with Crippen molar-refractivity contribution in [2.75, 3.05) is 6.54 Å². The third-order valence-corrected chi connectivity index (χ3v) is 8.23. The number of aromatic nitrogens is 1. The van der Waals surface area contributed by atoms with Crippen molar-refractivity contribution in [1.82, 2.24) is 26.3 Å². The van der Waals surface area contributed by atoms with E-state index in [-0.39, 0.29) is 49.7 Å². The number of nitrogens with two attached hydrogens (primary N) is 1. The van der Waals surface area contributed by atoms with Gasteiger partial charge in [-0.15, -0.1) is 12.4 Å². The molecule has 4 amide bonds. The summed E-state index contributed by atoms with van der Waals surface area (Å²) in [6.45, 7) is 0.349. The number of phenolic OH excluding ortho intramolecular Hbond substituents is 1. The summed E-state index contributed by atoms with van der Waals surface area (Å²) in [4.78, 5) is 57.3. The smallest absolute Gasteiger partial charge is 0.243 e. The highest BCUT2D eigenvalue weighted by atomic mass is 35.5. The Morgan fingerprint density at radius 2 is 1.51 bits per heavy atom. The Labute approximate surface area is 279 Å². The van der Waals surface area contributed by atoms with Gasteiger partial charge in [0.2, 0.25) is 23.6 Å². The molecule has 4 atom stereocenters. The van der Waals surface area contributed by atoms with Crippen LogP contribution in [0.15, 0.2) is 85.1 Å². The maximum atomic E-state index is 13.9. The van der Waals surface area contributed by atoms with E-state index in [1.807, 2.05) is 54.6 Å². The molecule has 2 heterocycles. The number of nitrogens with one attached hydrogen (secondary N) is 5. The number of H-pyrrole nitrogens is 1. The van der Waals surface area contributed by atoms with Crippen molar-refractivity contribution >= 4 is 46.9 Å². The van der Waals surface area contributed by atoms with E-state index < -0.39 is 41.9 Å². The predicted octanol–water partition coefficient (Wildman–Crippen LogP) is 2.40. The van der Waals surface area contributed by atoms with Crippen LogP contribution in [-0.2, 0) is 38.4 Å². The van der Waals surface area contributed by atoms with E-state index in [0.717, 1.165) is 27.6 Å². The van der Waals surface area contributed by atoms with Crippen LogP contribution in [0.1, 0.15) is 36.0 Å². The van der Waals surface area contributed by atoms with Gasteiger partial charge in [0.15, 0.2) is 0 Å². The summed E-state index contributed by atoms with van der Waals surface area (Å²) >= 11 is 0. The van der Waals surface area contributed by atoms with E-state index >= 15 is 0 Å². The molecule has 248 valence electrons. The minimum Gasteiger partial charge on any atom is -0.508 e. The Hall–Kier alpha value is -4.87. The summed E-state index contributed by atoms with van der Waals surface area (Å²) in [7, 11) is 0. The number of fused-ring (bicyclic) bond motifs is 1. The molecule has 3 aromatic carbocycles. The quantitative estimate of drug-likeness (QED) is 0.153. The molecule has 1 fully saturated rings. The Morgan fingerprint density at radius 1 is 0.830 bits per heavy atom. The number of para-hydroxylation sites is 1. The molecule has 4 aromatic rings. The largest absolute Gasteiger partial charge is 0.508 e. The molecule has 0 bridgehead atoms. The van der Waals surface area contributed by atoms with Crippen molar-refractivity contribution < 1.29 is 24.3 Å². The molecule has 1 saturated heterocycles. The highest BCUT2D eigenvalue weighted by Gasteiger charge is 2.31. The fourth-order valence-corrected chi connectivity index (χ4v) is 5.67. The van der Waals surface area contributed by atoms with Crippen molar-refractivity contribution in [3.8, 4) is 5.75 Å². The second kappa shape index (κ2) is 16.6. The molecule has 0 saturated carbocycles. The number of rotatable bonds is 8. The van der Waals surface area contributed by atoms with Crippen molar-refractivity contribution in [1.29, 1.82) is 0 Å². The van der Waals surface area contributed by atoms with Crippen molar-refractivity contribution in [2.24, 2.45) is 5.73 Å². The normalized spacial score (nSPS) is 19.9. The molecule has 0 unspecified atom stereocenters. The average Bonchev–Trinajstić information content (AvgIpc) is 3.47. The first-order chi connectivity index (χ1) is 22.3. The molecule has 1 aliphatic rings. The van der Waals surface area contributed by atoms with Crippen LogP contribution in [0.3, 0.4) is 0 Å². The van der Waals surface area contributed by atoms with Crippen LogP contribution in [0.4, 0.5) is 0 Å². The second-order valence-corrected chi connectivity index (χ2v) is 11.7. The molecule has 11 nitrogen and oxygen atoms in total. The second-order valence-electron chi connectivity index (χ2n) is 11.7. The van der Waals surface area contributed by atoms with E-state index in [0.29, 0.717) is 19.4 Å². The Kier molecular flexibility index (Phi) is 12.4. The van der Waals surface area contributed by atoms with Crippen LogP contribution in [0.25, 0.3) is 10.9 Å². The van der Waals surface area contributed by atoms with Crippen LogP contribution < -0.4 is 27.0 Å². The van der Waals surface area contributed by atoms with Crippen LogP contribution in [-0.4, -0.2) is 64.4 Å². The number of amides is 4. The van der Waals surface area contributed by atoms with E-state index in [2.05, 4.69) is 26.3 Å². The van der Waals surface area contributed by atoms with Gasteiger partial charge in [0, 0.05) is 36.5 Å². The van der Waals surface area contributed by atoms with Gasteiger partial charge in [-0.25, -0.2) is 0 Å². The lowest BCUT2D eigenvalue weighted by Crippen LogP contribution is -2.58. The third kappa shape index (κ3) is 9.57. The number of hydrogen-bond acceptors (Lipinski definition) is 6. The summed E-state index contributed by atoms with van der Waals surface area (Å²) in [6.07, 6.45) is 3.83. The van der Waals surface area contributed by atoms with Crippen LogP contribution in [0.2, 0.25) is 0 Å². The zero-order chi connectivity index (χ0) is 32.5. The number of hydrogen-bond donors (Lipinski definition) is 7. The molecule has 5 rings (SSSR count). The lowest BCUT2D eigenvalue weighted by Gasteiger charge is -2.25. The van der Waals surface area contributed by atoms with Gasteiger partial charge >= 0.3 is 0 Å². The Morgan fingerprint density at radius 3 is 2.28 bits per heavy atom. The number of aromatic amines is 1. The number of phenols is 1. The molecule has 0 spiro atoms. The number of carbonyl (C=O) groups is 4. The first-order valence-electron chi connectivity index (χ1n) is 15.6. The third-order valence-electron chi connectivity index (χ3n) is 8.23. The summed E-state index contributed by atoms with van der Waals surface area (Å²) in [5, 5.41) is 21.9. The van der Waals surface area contributed by atoms with Crippen LogP contribution >= 0.6 is 12.4 Å². The van der Waals surface area contributed by atoms with Gasteiger partial charge in [-0.2, -0.15) is 0 Å². The SMILES string of the molecule is Cl.N[C@@H](Cc1ccc(O)cc1)C(=O)N[C@@H]1CCCCNC(=O)[C@H](Cc2ccccc2)NC(=O)[C@H](Cc2c[nH]c3ccccc23)NC1=O. The maximum Gasteiger partial charge on any atom is 0.243 e. The summed E-state index contributed by atoms with van der Waals surface area (Å²) < 4.78 is 0. The van der Waals surface area contributed by atoms with Crippen molar-refractivity contribution in [3.05, 3.63) is 102 Å². The van der Waals surface area contributed by atoms with Gasteiger partial charge in [0.1, 0.15) is 23.9 Å². The molecule has 12 heteroatoms. The van der Waals surface area contributed by atoms with E-state index in [1.54, 1.807) is 18.3 Å². The molecule has 0 aliphatic carbocycles.